The first-order valence-electron chi connectivity index (χ1n) is 5.46. The number of ether oxygens (including phenoxy) is 3. The zero-order chi connectivity index (χ0) is 14.1. The second kappa shape index (κ2) is 7.75. The van der Waals surface area contributed by atoms with E-state index in [1.54, 1.807) is 25.1 Å². The Labute approximate surface area is 108 Å². The summed E-state index contributed by atoms with van der Waals surface area (Å²) in [7, 11) is 0. The van der Waals surface area contributed by atoms with Gasteiger partial charge in [-0.15, -0.1) is 10.1 Å². The molecule has 0 aliphatic rings. The van der Waals surface area contributed by atoms with Crippen molar-refractivity contribution in [2.24, 2.45) is 0 Å². The van der Waals surface area contributed by atoms with Gasteiger partial charge in [0.05, 0.1) is 6.61 Å². The summed E-state index contributed by atoms with van der Waals surface area (Å²) in [5.74, 6) is 0.653. The molecule has 0 saturated carbocycles. The fraction of sp³-hybridized carbons (Fsp3) is 0.364. The van der Waals surface area contributed by atoms with Crippen LogP contribution in [0.25, 0.3) is 0 Å². The van der Waals surface area contributed by atoms with Crippen LogP contribution >= 0.6 is 0 Å². The van der Waals surface area contributed by atoms with Crippen LogP contribution in [0.5, 0.6) is 11.5 Å². The average molecular weight is 271 g/mol. The molecule has 8 nitrogen and oxygen atoms in total. The third kappa shape index (κ3) is 6.10. The summed E-state index contributed by atoms with van der Waals surface area (Å²) in [6.07, 6.45) is -0.809. The smallest absolute Gasteiger partial charge is 0.491 e. The Morgan fingerprint density at radius 2 is 2.05 bits per heavy atom. The minimum absolute atomic E-state index is 0.00381. The first kappa shape index (κ1) is 14.6. The predicted molar refractivity (Wildman–Crippen MR) is 62.5 cm³/mol. The highest BCUT2D eigenvalue weighted by Crippen LogP contribution is 2.19. The predicted octanol–water partition coefficient (Wildman–Crippen LogP) is 1.81. The van der Waals surface area contributed by atoms with Crippen LogP contribution in [0, 0.1) is 10.1 Å². The van der Waals surface area contributed by atoms with Gasteiger partial charge in [-0.2, -0.15) is 0 Å². The highest BCUT2D eigenvalue weighted by atomic mass is 17.0. The van der Waals surface area contributed by atoms with Crippen molar-refractivity contribution >= 4 is 6.16 Å². The van der Waals surface area contributed by atoms with Gasteiger partial charge in [-0.25, -0.2) is 4.79 Å². The van der Waals surface area contributed by atoms with Gasteiger partial charge in [-0.3, -0.25) is 0 Å². The normalized spacial score (nSPS) is 9.53. The summed E-state index contributed by atoms with van der Waals surface area (Å²) in [5.41, 5.74) is 0. The summed E-state index contributed by atoms with van der Waals surface area (Å²) >= 11 is 0. The molecule has 0 unspecified atom stereocenters. The monoisotopic (exact) mass is 271 g/mol. The Bertz CT molecular complexity index is 435. The minimum atomic E-state index is -0.899. The number of hydrogen-bond acceptors (Lipinski definition) is 7. The van der Waals surface area contributed by atoms with Crippen molar-refractivity contribution in [3.8, 4) is 11.5 Å². The van der Waals surface area contributed by atoms with E-state index in [-0.39, 0.29) is 25.6 Å². The van der Waals surface area contributed by atoms with Gasteiger partial charge in [0.2, 0.25) is 0 Å². The first-order chi connectivity index (χ1) is 9.11. The molecule has 0 radical (unpaired) electrons. The standard InChI is InChI=1S/C11H13NO7/c1-2-16-11(13)19-10-5-3-4-9(8-10)17-6-7-18-12(14)15/h3-5,8H,2,6-7H2,1H3. The molecule has 104 valence electrons. The van der Waals surface area contributed by atoms with Crippen molar-refractivity contribution in [1.82, 2.24) is 0 Å². The number of carbonyl (C=O) groups excluding carboxylic acids is 1. The van der Waals surface area contributed by atoms with Crippen molar-refractivity contribution in [2.45, 2.75) is 6.92 Å². The Kier molecular flexibility index (Phi) is 5.93. The van der Waals surface area contributed by atoms with Crippen LogP contribution in [0.15, 0.2) is 24.3 Å². The maximum absolute atomic E-state index is 11.1. The van der Waals surface area contributed by atoms with E-state index in [0.29, 0.717) is 5.75 Å². The first-order valence-corrected chi connectivity index (χ1v) is 5.46. The van der Waals surface area contributed by atoms with Crippen LogP contribution in [0.4, 0.5) is 4.79 Å². The maximum atomic E-state index is 11.1. The zero-order valence-corrected chi connectivity index (χ0v) is 10.2. The molecule has 0 bridgehead atoms. The number of nitrogens with zero attached hydrogens (tertiary/aromatic N) is 1. The highest BCUT2D eigenvalue weighted by molar-refractivity contribution is 5.63. The third-order valence-electron chi connectivity index (χ3n) is 1.82. The maximum Gasteiger partial charge on any atom is 0.513 e. The molecule has 1 aromatic carbocycles. The van der Waals surface area contributed by atoms with Gasteiger partial charge in [0, 0.05) is 6.07 Å². The highest BCUT2D eigenvalue weighted by Gasteiger charge is 2.05. The Balaban J connectivity index is 2.43. The molecule has 0 aliphatic heterocycles. The largest absolute Gasteiger partial charge is 0.513 e. The zero-order valence-electron chi connectivity index (χ0n) is 10.2. The molecule has 0 amide bonds. The molecule has 0 aliphatic carbocycles. The van der Waals surface area contributed by atoms with Gasteiger partial charge in [0.1, 0.15) is 24.7 Å². The van der Waals surface area contributed by atoms with E-state index < -0.39 is 11.2 Å². The van der Waals surface area contributed by atoms with E-state index in [1.807, 2.05) is 0 Å². The fourth-order valence-corrected chi connectivity index (χ4v) is 1.14. The molecule has 0 fully saturated rings. The minimum Gasteiger partial charge on any atom is -0.491 e. The molecule has 0 spiro atoms. The molecule has 0 N–H and O–H groups in total. The summed E-state index contributed by atoms with van der Waals surface area (Å²) in [6.45, 7) is 1.70. The third-order valence-corrected chi connectivity index (χ3v) is 1.82. The van der Waals surface area contributed by atoms with Gasteiger partial charge in [0.25, 0.3) is 5.09 Å². The lowest BCUT2D eigenvalue weighted by atomic mass is 10.3. The van der Waals surface area contributed by atoms with Crippen molar-refractivity contribution in [3.05, 3.63) is 34.4 Å². The molecule has 8 heteroatoms. The lowest BCUT2D eigenvalue weighted by Gasteiger charge is -2.07. The van der Waals surface area contributed by atoms with Crippen molar-refractivity contribution in [3.63, 3.8) is 0 Å². The number of carbonyl (C=O) groups is 1. The Morgan fingerprint density at radius 3 is 2.74 bits per heavy atom. The molecule has 0 atom stereocenters. The van der Waals surface area contributed by atoms with E-state index in [0.717, 1.165) is 0 Å². The molecule has 0 heterocycles. The van der Waals surface area contributed by atoms with Crippen molar-refractivity contribution < 1.29 is 28.9 Å². The Hall–Kier alpha value is -2.51. The van der Waals surface area contributed by atoms with Crippen LogP contribution < -0.4 is 9.47 Å². The van der Waals surface area contributed by atoms with Gasteiger partial charge < -0.3 is 19.0 Å². The summed E-state index contributed by atoms with van der Waals surface area (Å²) in [6, 6.07) is 6.24. The molecule has 1 aromatic rings. The summed E-state index contributed by atoms with van der Waals surface area (Å²) < 4.78 is 14.7. The second-order valence-electron chi connectivity index (χ2n) is 3.17. The molecular weight excluding hydrogens is 258 g/mol. The second-order valence-corrected chi connectivity index (χ2v) is 3.17. The van der Waals surface area contributed by atoms with E-state index >= 15 is 0 Å². The average Bonchev–Trinajstić information content (AvgIpc) is 2.35. The van der Waals surface area contributed by atoms with Crippen LogP contribution in [0.2, 0.25) is 0 Å². The molecule has 19 heavy (non-hydrogen) atoms. The SMILES string of the molecule is CCOC(=O)Oc1cccc(OCCO[N+](=O)[O-])c1. The van der Waals surface area contributed by atoms with Crippen LogP contribution in [0.3, 0.4) is 0 Å². The summed E-state index contributed by atoms with van der Waals surface area (Å²) in [4.78, 5) is 25.1. The molecule has 0 aromatic heterocycles. The van der Waals surface area contributed by atoms with Gasteiger partial charge >= 0.3 is 6.16 Å². The van der Waals surface area contributed by atoms with Gasteiger partial charge in [-0.1, -0.05) is 6.07 Å². The number of rotatable bonds is 7. The quantitative estimate of drug-likeness (QED) is 0.245. The van der Waals surface area contributed by atoms with Crippen LogP contribution in [-0.2, 0) is 9.57 Å². The van der Waals surface area contributed by atoms with Gasteiger partial charge in [-0.05, 0) is 19.1 Å². The topological polar surface area (TPSA) is 97.1 Å². The van der Waals surface area contributed by atoms with E-state index in [9.17, 15) is 14.9 Å². The van der Waals surface area contributed by atoms with E-state index in [1.165, 1.54) is 6.07 Å². The molecule has 1 rings (SSSR count). The lowest BCUT2D eigenvalue weighted by molar-refractivity contribution is -0.757. The fourth-order valence-electron chi connectivity index (χ4n) is 1.14. The van der Waals surface area contributed by atoms with Gasteiger partial charge in [0.15, 0.2) is 0 Å². The van der Waals surface area contributed by atoms with Crippen LogP contribution in [-0.4, -0.2) is 31.1 Å². The molecule has 0 saturated heterocycles. The van der Waals surface area contributed by atoms with E-state index in [4.69, 9.17) is 9.47 Å². The van der Waals surface area contributed by atoms with Crippen molar-refractivity contribution in [1.29, 1.82) is 0 Å². The van der Waals surface area contributed by atoms with Crippen molar-refractivity contribution in [2.75, 3.05) is 19.8 Å². The molecular formula is C11H13NO7. The number of hydrogen-bond donors (Lipinski definition) is 0. The lowest BCUT2D eigenvalue weighted by Crippen LogP contribution is -2.11. The Morgan fingerprint density at radius 1 is 1.32 bits per heavy atom. The van der Waals surface area contributed by atoms with Crippen LogP contribution in [0.1, 0.15) is 6.92 Å². The number of benzene rings is 1. The summed E-state index contributed by atoms with van der Waals surface area (Å²) in [5, 5.41) is 9.00. The van der Waals surface area contributed by atoms with E-state index in [2.05, 4.69) is 9.57 Å².